The topological polar surface area (TPSA) is 32.8 Å². The second kappa shape index (κ2) is 9.15. The van der Waals surface area contributed by atoms with E-state index < -0.39 is 0 Å². The van der Waals surface area contributed by atoms with E-state index in [1.165, 1.54) is 34.9 Å². The molecule has 1 fully saturated rings. The van der Waals surface area contributed by atoms with Gasteiger partial charge in [0.15, 0.2) is 6.61 Å². The van der Waals surface area contributed by atoms with E-state index in [-0.39, 0.29) is 12.6 Å². The summed E-state index contributed by atoms with van der Waals surface area (Å²) in [5, 5.41) is 0. The van der Waals surface area contributed by atoms with Gasteiger partial charge in [0.2, 0.25) is 0 Å². The van der Waals surface area contributed by atoms with Gasteiger partial charge >= 0.3 is 5.97 Å². The fourth-order valence-corrected chi connectivity index (χ4v) is 4.31. The summed E-state index contributed by atoms with van der Waals surface area (Å²) in [5.41, 5.74) is 7.38. The summed E-state index contributed by atoms with van der Waals surface area (Å²) in [6.45, 7) is 6.39. The van der Waals surface area contributed by atoms with Crippen LogP contribution in [0.25, 0.3) is 0 Å². The molecule has 0 atom stereocenters. The molecular formula is C25H28N2O2. The van der Waals surface area contributed by atoms with Crippen LogP contribution in [0.2, 0.25) is 0 Å². The Labute approximate surface area is 173 Å². The van der Waals surface area contributed by atoms with Crippen LogP contribution in [0.3, 0.4) is 0 Å². The van der Waals surface area contributed by atoms with E-state index >= 15 is 0 Å². The number of carbonyl (C=O) groups excluding carboxylic acids is 1. The van der Waals surface area contributed by atoms with Gasteiger partial charge in [0.05, 0.1) is 6.54 Å². The zero-order valence-corrected chi connectivity index (χ0v) is 17.1. The number of hydrogen-bond donors (Lipinski definition) is 0. The summed E-state index contributed by atoms with van der Waals surface area (Å²) < 4.78 is 4.85. The molecule has 2 aromatic rings. The van der Waals surface area contributed by atoms with E-state index in [0.29, 0.717) is 0 Å². The second-order valence-electron chi connectivity index (χ2n) is 7.76. The molecule has 0 saturated carbocycles. The first kappa shape index (κ1) is 19.5. The van der Waals surface area contributed by atoms with E-state index in [4.69, 9.17) is 4.74 Å². The minimum atomic E-state index is -0.280. The van der Waals surface area contributed by atoms with E-state index in [2.05, 4.69) is 64.1 Å². The molecule has 0 bridgehead atoms. The Morgan fingerprint density at radius 3 is 2.48 bits per heavy atom. The van der Waals surface area contributed by atoms with Crippen LogP contribution in [0, 0.1) is 11.8 Å². The molecule has 1 saturated heterocycles. The Bertz CT molecular complexity index is 933. The minimum Gasteiger partial charge on any atom is -0.453 e. The van der Waals surface area contributed by atoms with Crippen molar-refractivity contribution in [2.24, 2.45) is 0 Å². The molecule has 1 aliphatic carbocycles. The van der Waals surface area contributed by atoms with Crippen molar-refractivity contribution < 1.29 is 9.53 Å². The predicted octanol–water partition coefficient (Wildman–Crippen LogP) is 3.06. The highest BCUT2D eigenvalue weighted by molar-refractivity contribution is 5.66. The normalized spacial score (nSPS) is 16.1. The molecule has 4 nitrogen and oxygen atoms in total. The number of nitrogens with zero attached hydrogens (tertiary/aromatic N) is 2. The van der Waals surface area contributed by atoms with Gasteiger partial charge in [-0.2, -0.15) is 0 Å². The number of esters is 1. The third kappa shape index (κ3) is 4.81. The number of anilines is 1. The van der Waals surface area contributed by atoms with Gasteiger partial charge in [-0.3, -0.25) is 9.69 Å². The lowest BCUT2D eigenvalue weighted by molar-refractivity contribution is -0.139. The molecule has 2 aromatic carbocycles. The van der Waals surface area contributed by atoms with Gasteiger partial charge < -0.3 is 9.64 Å². The highest BCUT2D eigenvalue weighted by Gasteiger charge is 2.22. The molecule has 1 aliphatic heterocycles. The predicted molar refractivity (Wildman–Crippen MR) is 116 cm³/mol. The van der Waals surface area contributed by atoms with Crippen LogP contribution in [0.1, 0.15) is 29.2 Å². The molecular weight excluding hydrogens is 360 g/mol. The molecule has 0 N–H and O–H groups in total. The molecule has 4 heteroatoms. The van der Waals surface area contributed by atoms with Crippen molar-refractivity contribution >= 4 is 11.7 Å². The number of carbonyl (C=O) groups is 1. The van der Waals surface area contributed by atoms with Crippen LogP contribution in [-0.4, -0.2) is 50.2 Å². The Morgan fingerprint density at radius 1 is 0.931 bits per heavy atom. The van der Waals surface area contributed by atoms with Crippen LogP contribution in [0.15, 0.2) is 42.5 Å². The monoisotopic (exact) mass is 388 g/mol. The van der Waals surface area contributed by atoms with Crippen molar-refractivity contribution in [3.63, 3.8) is 0 Å². The Hall–Kier alpha value is -2.77. The maximum absolute atomic E-state index is 10.8. The van der Waals surface area contributed by atoms with Crippen LogP contribution < -0.4 is 4.90 Å². The Morgan fingerprint density at radius 2 is 1.69 bits per heavy atom. The Kier molecular flexibility index (Phi) is 6.17. The number of ether oxygens (including phenoxy) is 1. The molecule has 0 aromatic heterocycles. The van der Waals surface area contributed by atoms with E-state index in [1.807, 2.05) is 0 Å². The summed E-state index contributed by atoms with van der Waals surface area (Å²) in [7, 11) is 0. The smallest absolute Gasteiger partial charge is 0.303 e. The SMILES string of the molecule is CC(=O)OCC#CCN1CCN(c2cccc3c2CCc2ccccc2C3)CC1. The third-order valence-electron chi connectivity index (χ3n) is 5.88. The lowest BCUT2D eigenvalue weighted by atomic mass is 9.98. The minimum absolute atomic E-state index is 0.188. The molecule has 2 aliphatic rings. The maximum atomic E-state index is 10.8. The zero-order valence-electron chi connectivity index (χ0n) is 17.1. The number of rotatable bonds is 3. The van der Waals surface area contributed by atoms with Gasteiger partial charge in [-0.1, -0.05) is 48.2 Å². The number of aryl methyl sites for hydroxylation is 1. The van der Waals surface area contributed by atoms with Crippen LogP contribution in [-0.2, 0) is 28.8 Å². The van der Waals surface area contributed by atoms with E-state index in [1.54, 1.807) is 0 Å². The quantitative estimate of drug-likeness (QED) is 0.598. The number of fused-ring (bicyclic) bond motifs is 2. The first-order valence-electron chi connectivity index (χ1n) is 10.4. The molecule has 0 radical (unpaired) electrons. The van der Waals surface area contributed by atoms with Crippen molar-refractivity contribution in [2.45, 2.75) is 26.2 Å². The van der Waals surface area contributed by atoms with Gasteiger partial charge in [-0.15, -0.1) is 0 Å². The summed E-state index contributed by atoms with van der Waals surface area (Å²) in [4.78, 5) is 15.7. The lowest BCUT2D eigenvalue weighted by Crippen LogP contribution is -2.46. The van der Waals surface area contributed by atoms with Crippen molar-refractivity contribution in [2.75, 3.05) is 44.2 Å². The number of hydrogen-bond acceptors (Lipinski definition) is 4. The standard InChI is InChI=1S/C25H28N2O2/c1-20(28)29-18-5-4-13-26-14-16-27(17-15-26)25-10-6-9-23-19-22-8-3-2-7-21(22)11-12-24(23)25/h2-3,6-10H,11-19H2,1H3. The van der Waals surface area contributed by atoms with Crippen molar-refractivity contribution in [3.8, 4) is 11.8 Å². The van der Waals surface area contributed by atoms with Crippen LogP contribution >= 0.6 is 0 Å². The molecule has 0 unspecified atom stereocenters. The second-order valence-corrected chi connectivity index (χ2v) is 7.76. The van der Waals surface area contributed by atoms with E-state index in [9.17, 15) is 4.79 Å². The summed E-state index contributed by atoms with van der Waals surface area (Å²) in [5.74, 6) is 5.75. The fraction of sp³-hybridized carbons (Fsp3) is 0.400. The highest BCUT2D eigenvalue weighted by Crippen LogP contribution is 2.31. The van der Waals surface area contributed by atoms with Gasteiger partial charge in [0.1, 0.15) is 0 Å². The van der Waals surface area contributed by atoms with Crippen molar-refractivity contribution in [1.29, 1.82) is 0 Å². The first-order chi connectivity index (χ1) is 14.2. The molecule has 150 valence electrons. The molecule has 29 heavy (non-hydrogen) atoms. The number of benzene rings is 2. The van der Waals surface area contributed by atoms with Gasteiger partial charge in [0.25, 0.3) is 0 Å². The zero-order chi connectivity index (χ0) is 20.1. The summed E-state index contributed by atoms with van der Waals surface area (Å²) in [6.07, 6.45) is 3.28. The molecule has 4 rings (SSSR count). The highest BCUT2D eigenvalue weighted by atomic mass is 16.5. The largest absolute Gasteiger partial charge is 0.453 e. The van der Waals surface area contributed by atoms with E-state index in [0.717, 1.165) is 52.0 Å². The average Bonchev–Trinajstić information content (AvgIpc) is 2.93. The molecule has 1 heterocycles. The third-order valence-corrected chi connectivity index (χ3v) is 5.88. The summed E-state index contributed by atoms with van der Waals surface area (Å²) >= 11 is 0. The van der Waals surface area contributed by atoms with Crippen molar-refractivity contribution in [3.05, 3.63) is 64.7 Å². The first-order valence-corrected chi connectivity index (χ1v) is 10.4. The fourth-order valence-electron chi connectivity index (χ4n) is 4.31. The van der Waals surface area contributed by atoms with Gasteiger partial charge in [-0.25, -0.2) is 0 Å². The van der Waals surface area contributed by atoms with Gasteiger partial charge in [-0.05, 0) is 47.6 Å². The summed E-state index contributed by atoms with van der Waals surface area (Å²) in [6, 6.07) is 15.7. The average molecular weight is 389 g/mol. The molecule has 0 spiro atoms. The maximum Gasteiger partial charge on any atom is 0.303 e. The van der Waals surface area contributed by atoms with Gasteiger partial charge in [0, 0.05) is 38.8 Å². The number of piperazine rings is 1. The van der Waals surface area contributed by atoms with Crippen LogP contribution in [0.4, 0.5) is 5.69 Å². The van der Waals surface area contributed by atoms with Crippen LogP contribution in [0.5, 0.6) is 0 Å². The Balaban J connectivity index is 1.39. The lowest BCUT2D eigenvalue weighted by Gasteiger charge is -2.36. The van der Waals surface area contributed by atoms with Crippen molar-refractivity contribution in [1.82, 2.24) is 4.90 Å². The molecule has 0 amide bonds.